The zero-order chi connectivity index (χ0) is 15.2. The molecule has 0 aliphatic heterocycles. The predicted octanol–water partition coefficient (Wildman–Crippen LogP) is 4.45. The minimum absolute atomic E-state index is 0.126. The smallest absolute Gasteiger partial charge is 0.123 e. The van der Waals surface area contributed by atoms with Gasteiger partial charge in [-0.05, 0) is 43.4 Å². The van der Waals surface area contributed by atoms with E-state index in [9.17, 15) is 0 Å². The summed E-state index contributed by atoms with van der Waals surface area (Å²) in [6.45, 7) is 15.1. The van der Waals surface area contributed by atoms with E-state index in [4.69, 9.17) is 4.74 Å². The third-order valence-electron chi connectivity index (χ3n) is 3.32. The van der Waals surface area contributed by atoms with Crippen LogP contribution in [0.5, 0.6) is 5.75 Å². The molecule has 0 radical (unpaired) electrons. The molecule has 20 heavy (non-hydrogen) atoms. The molecule has 2 nitrogen and oxygen atoms in total. The lowest BCUT2D eigenvalue weighted by atomic mass is 9.85. The van der Waals surface area contributed by atoms with Crippen LogP contribution in [-0.4, -0.2) is 19.2 Å². The Bertz CT molecular complexity index is 404. The minimum atomic E-state index is 0.126. The van der Waals surface area contributed by atoms with Crippen molar-refractivity contribution in [2.45, 2.75) is 65.8 Å². The monoisotopic (exact) mass is 277 g/mol. The molecule has 1 aromatic carbocycles. The normalized spacial score (nSPS) is 11.9. The Morgan fingerprint density at radius 1 is 1.15 bits per heavy atom. The first-order valence-corrected chi connectivity index (χ1v) is 7.78. The molecule has 0 heterocycles. The zero-order valence-electron chi connectivity index (χ0n) is 14.0. The van der Waals surface area contributed by atoms with Crippen molar-refractivity contribution in [1.29, 1.82) is 0 Å². The van der Waals surface area contributed by atoms with Crippen molar-refractivity contribution in [1.82, 2.24) is 5.32 Å². The van der Waals surface area contributed by atoms with Gasteiger partial charge in [0, 0.05) is 6.04 Å². The Hall–Kier alpha value is -1.02. The maximum absolute atomic E-state index is 6.00. The van der Waals surface area contributed by atoms with E-state index in [2.05, 4.69) is 65.1 Å². The Balaban J connectivity index is 2.48. The standard InChI is InChI=1S/C18H31NO/c1-14(2)19-11-7-8-12-20-17-10-9-15(3)13-16(17)18(4,5)6/h9-10,13-14,19H,7-8,11-12H2,1-6H3. The molecule has 0 amide bonds. The van der Waals surface area contributed by atoms with E-state index in [0.29, 0.717) is 6.04 Å². The number of aryl methyl sites for hydroxylation is 1. The van der Waals surface area contributed by atoms with Gasteiger partial charge < -0.3 is 10.1 Å². The second-order valence-corrected chi connectivity index (χ2v) is 6.91. The molecule has 114 valence electrons. The number of unbranched alkanes of at least 4 members (excludes halogenated alkanes) is 1. The Kier molecular flexibility index (Phi) is 6.54. The first-order valence-electron chi connectivity index (χ1n) is 7.78. The fourth-order valence-electron chi connectivity index (χ4n) is 2.16. The summed E-state index contributed by atoms with van der Waals surface area (Å²) in [7, 11) is 0. The van der Waals surface area contributed by atoms with Crippen LogP contribution in [0.3, 0.4) is 0 Å². The summed E-state index contributed by atoms with van der Waals surface area (Å²) < 4.78 is 6.00. The summed E-state index contributed by atoms with van der Waals surface area (Å²) in [5.41, 5.74) is 2.72. The molecule has 0 aliphatic rings. The van der Waals surface area contributed by atoms with Gasteiger partial charge in [-0.25, -0.2) is 0 Å². The van der Waals surface area contributed by atoms with E-state index in [1.165, 1.54) is 11.1 Å². The highest BCUT2D eigenvalue weighted by atomic mass is 16.5. The third kappa shape index (κ3) is 5.96. The largest absolute Gasteiger partial charge is 0.493 e. The first kappa shape index (κ1) is 17.0. The molecule has 0 unspecified atom stereocenters. The van der Waals surface area contributed by atoms with Gasteiger partial charge in [0.2, 0.25) is 0 Å². The number of benzene rings is 1. The van der Waals surface area contributed by atoms with Crippen molar-refractivity contribution >= 4 is 0 Å². The number of hydrogen-bond donors (Lipinski definition) is 1. The van der Waals surface area contributed by atoms with Crippen LogP contribution in [0.15, 0.2) is 18.2 Å². The van der Waals surface area contributed by atoms with Crippen molar-refractivity contribution < 1.29 is 4.74 Å². The van der Waals surface area contributed by atoms with Crippen LogP contribution in [0.2, 0.25) is 0 Å². The van der Waals surface area contributed by atoms with Crippen molar-refractivity contribution in [2.24, 2.45) is 0 Å². The van der Waals surface area contributed by atoms with Gasteiger partial charge in [-0.2, -0.15) is 0 Å². The SMILES string of the molecule is Cc1ccc(OCCCCNC(C)C)c(C(C)(C)C)c1. The fourth-order valence-corrected chi connectivity index (χ4v) is 2.16. The van der Waals surface area contributed by atoms with Crippen LogP contribution in [0.25, 0.3) is 0 Å². The minimum Gasteiger partial charge on any atom is -0.493 e. The van der Waals surface area contributed by atoms with Crippen LogP contribution in [0.1, 0.15) is 58.6 Å². The fraction of sp³-hybridized carbons (Fsp3) is 0.667. The third-order valence-corrected chi connectivity index (χ3v) is 3.32. The molecule has 2 heteroatoms. The summed E-state index contributed by atoms with van der Waals surface area (Å²) in [5, 5.41) is 3.43. The lowest BCUT2D eigenvalue weighted by molar-refractivity contribution is 0.297. The quantitative estimate of drug-likeness (QED) is 0.743. The van der Waals surface area contributed by atoms with Crippen LogP contribution >= 0.6 is 0 Å². The lowest BCUT2D eigenvalue weighted by Crippen LogP contribution is -2.24. The molecule has 0 aliphatic carbocycles. The van der Waals surface area contributed by atoms with Crippen molar-refractivity contribution in [2.75, 3.05) is 13.2 Å². The molecule has 1 aromatic rings. The van der Waals surface area contributed by atoms with Gasteiger partial charge >= 0.3 is 0 Å². The number of ether oxygens (including phenoxy) is 1. The highest BCUT2D eigenvalue weighted by Crippen LogP contribution is 2.32. The second kappa shape index (κ2) is 7.68. The maximum Gasteiger partial charge on any atom is 0.123 e. The van der Waals surface area contributed by atoms with Gasteiger partial charge in [0.1, 0.15) is 5.75 Å². The number of rotatable bonds is 7. The van der Waals surface area contributed by atoms with Gasteiger partial charge in [0.25, 0.3) is 0 Å². The molecular weight excluding hydrogens is 246 g/mol. The molecule has 0 atom stereocenters. The van der Waals surface area contributed by atoms with Gasteiger partial charge in [0.05, 0.1) is 6.61 Å². The van der Waals surface area contributed by atoms with E-state index >= 15 is 0 Å². The second-order valence-electron chi connectivity index (χ2n) is 6.91. The van der Waals surface area contributed by atoms with Crippen molar-refractivity contribution in [3.8, 4) is 5.75 Å². The Labute approximate surface area is 124 Å². The predicted molar refractivity (Wildman–Crippen MR) is 87.7 cm³/mol. The maximum atomic E-state index is 6.00. The number of hydrogen-bond acceptors (Lipinski definition) is 2. The molecule has 0 aromatic heterocycles. The molecule has 0 bridgehead atoms. The summed E-state index contributed by atoms with van der Waals surface area (Å²) in [6, 6.07) is 7.06. The van der Waals surface area contributed by atoms with Crippen LogP contribution in [0, 0.1) is 6.92 Å². The Morgan fingerprint density at radius 3 is 2.45 bits per heavy atom. The summed E-state index contributed by atoms with van der Waals surface area (Å²) in [6.07, 6.45) is 2.26. The zero-order valence-corrected chi connectivity index (χ0v) is 14.0. The Morgan fingerprint density at radius 2 is 1.85 bits per heavy atom. The number of nitrogens with one attached hydrogen (secondary N) is 1. The van der Waals surface area contributed by atoms with Crippen molar-refractivity contribution in [3.63, 3.8) is 0 Å². The molecule has 1 rings (SSSR count). The van der Waals surface area contributed by atoms with Crippen molar-refractivity contribution in [3.05, 3.63) is 29.3 Å². The molecule has 0 saturated carbocycles. The van der Waals surface area contributed by atoms with Gasteiger partial charge in [-0.1, -0.05) is 52.3 Å². The van der Waals surface area contributed by atoms with Gasteiger partial charge in [0.15, 0.2) is 0 Å². The van der Waals surface area contributed by atoms with E-state index in [1.807, 2.05) is 0 Å². The van der Waals surface area contributed by atoms with E-state index in [1.54, 1.807) is 0 Å². The van der Waals surface area contributed by atoms with E-state index in [-0.39, 0.29) is 5.41 Å². The van der Waals surface area contributed by atoms with Gasteiger partial charge in [-0.3, -0.25) is 0 Å². The van der Waals surface area contributed by atoms with E-state index in [0.717, 1.165) is 31.7 Å². The summed E-state index contributed by atoms with van der Waals surface area (Å²) in [4.78, 5) is 0. The molecule has 0 saturated heterocycles. The molecule has 0 fully saturated rings. The van der Waals surface area contributed by atoms with Crippen LogP contribution in [-0.2, 0) is 5.41 Å². The van der Waals surface area contributed by atoms with E-state index < -0.39 is 0 Å². The average Bonchev–Trinajstić information content (AvgIpc) is 2.33. The highest BCUT2D eigenvalue weighted by Gasteiger charge is 2.18. The first-order chi connectivity index (χ1) is 9.30. The average molecular weight is 277 g/mol. The topological polar surface area (TPSA) is 21.3 Å². The van der Waals surface area contributed by atoms with Crippen LogP contribution in [0.4, 0.5) is 0 Å². The summed E-state index contributed by atoms with van der Waals surface area (Å²) in [5.74, 6) is 1.04. The lowest BCUT2D eigenvalue weighted by Gasteiger charge is -2.23. The molecule has 1 N–H and O–H groups in total. The molecular formula is C18H31NO. The van der Waals surface area contributed by atoms with Gasteiger partial charge in [-0.15, -0.1) is 0 Å². The molecule has 0 spiro atoms. The highest BCUT2D eigenvalue weighted by molar-refractivity contribution is 5.41. The summed E-state index contributed by atoms with van der Waals surface area (Å²) >= 11 is 0. The van der Waals surface area contributed by atoms with Crippen LogP contribution < -0.4 is 10.1 Å².